The van der Waals surface area contributed by atoms with Crippen molar-refractivity contribution in [3.05, 3.63) is 35.5 Å². The van der Waals surface area contributed by atoms with Gasteiger partial charge in [-0.3, -0.25) is 0 Å². The molecule has 1 fully saturated rings. The van der Waals surface area contributed by atoms with Gasteiger partial charge in [0.05, 0.1) is 11.7 Å². The molecule has 0 bridgehead atoms. The van der Waals surface area contributed by atoms with E-state index in [-0.39, 0.29) is 11.7 Å². The maximum Gasteiger partial charge on any atom is 0.116 e. The van der Waals surface area contributed by atoms with Crippen molar-refractivity contribution in [3.8, 4) is 0 Å². The van der Waals surface area contributed by atoms with Gasteiger partial charge in [0.1, 0.15) is 5.60 Å². The van der Waals surface area contributed by atoms with Gasteiger partial charge in [0.25, 0.3) is 0 Å². The molecule has 124 valence electrons. The molecular weight excluding hydrogens is 272 g/mol. The minimum atomic E-state index is -0.760. The largest absolute Gasteiger partial charge is 0.386 e. The Labute approximate surface area is 136 Å². The third-order valence-electron chi connectivity index (χ3n) is 5.08. The molecule has 2 heteroatoms. The van der Waals surface area contributed by atoms with Gasteiger partial charge in [-0.25, -0.2) is 0 Å². The van der Waals surface area contributed by atoms with Gasteiger partial charge in [-0.1, -0.05) is 49.3 Å². The number of allylic oxidation sites excluding steroid dienone is 3. The van der Waals surface area contributed by atoms with Crippen LogP contribution in [0.2, 0.25) is 0 Å². The molecule has 0 saturated carbocycles. The lowest BCUT2D eigenvalue weighted by atomic mass is 9.86. The summed E-state index contributed by atoms with van der Waals surface area (Å²) in [5.74, 6) is 0.424. The van der Waals surface area contributed by atoms with E-state index >= 15 is 0 Å². The van der Waals surface area contributed by atoms with E-state index in [0.29, 0.717) is 5.92 Å². The van der Waals surface area contributed by atoms with Crippen LogP contribution in [0.15, 0.2) is 35.5 Å². The van der Waals surface area contributed by atoms with Crippen LogP contribution in [0.1, 0.15) is 66.7 Å². The Morgan fingerprint density at radius 1 is 1.14 bits per heavy atom. The molecule has 0 radical (unpaired) electrons. The Morgan fingerprint density at radius 2 is 1.82 bits per heavy atom. The summed E-state index contributed by atoms with van der Waals surface area (Å²) in [6.07, 6.45) is 13.8. The first-order chi connectivity index (χ1) is 10.3. The number of ether oxygens (including phenoxy) is 1. The van der Waals surface area contributed by atoms with Gasteiger partial charge < -0.3 is 9.84 Å². The van der Waals surface area contributed by atoms with Crippen LogP contribution in [-0.2, 0) is 4.74 Å². The topological polar surface area (TPSA) is 32.8 Å². The molecule has 0 aromatic carbocycles. The molecule has 3 atom stereocenters. The van der Waals surface area contributed by atoms with Crippen LogP contribution < -0.4 is 0 Å². The van der Waals surface area contributed by atoms with E-state index in [1.54, 1.807) is 0 Å². The zero-order chi connectivity index (χ0) is 16.4. The molecular formula is C20H32O2. The molecule has 2 nitrogen and oxygen atoms in total. The SMILES string of the molecule is C/C1=C\CCC(C)(O)/C=C/C2(C(C)C)OC2C/C(C)=C/CC1. The Hall–Kier alpha value is -0.860. The van der Waals surface area contributed by atoms with Gasteiger partial charge >= 0.3 is 0 Å². The molecule has 0 amide bonds. The summed E-state index contributed by atoms with van der Waals surface area (Å²) in [6, 6.07) is 0. The fraction of sp³-hybridized carbons (Fsp3) is 0.700. The molecule has 2 aliphatic rings. The molecule has 1 heterocycles. The Balaban J connectivity index is 2.21. The predicted octanol–water partition coefficient (Wildman–Crippen LogP) is 4.94. The smallest absolute Gasteiger partial charge is 0.116 e. The Kier molecular flexibility index (Phi) is 5.34. The zero-order valence-electron chi connectivity index (χ0n) is 14.9. The molecule has 1 aliphatic heterocycles. The van der Waals surface area contributed by atoms with Crippen LogP contribution in [0.4, 0.5) is 0 Å². The Morgan fingerprint density at radius 3 is 2.50 bits per heavy atom. The van der Waals surface area contributed by atoms with Crippen LogP contribution in [-0.4, -0.2) is 22.4 Å². The van der Waals surface area contributed by atoms with E-state index in [2.05, 4.69) is 45.9 Å². The number of hydrogen-bond acceptors (Lipinski definition) is 2. The molecule has 1 saturated heterocycles. The average Bonchev–Trinajstić information content (AvgIpc) is 3.10. The molecule has 2 rings (SSSR count). The number of rotatable bonds is 1. The summed E-state index contributed by atoms with van der Waals surface area (Å²) in [5.41, 5.74) is 1.89. The lowest BCUT2D eigenvalue weighted by Crippen LogP contribution is -2.25. The van der Waals surface area contributed by atoms with E-state index in [1.807, 2.05) is 13.0 Å². The van der Waals surface area contributed by atoms with Crippen LogP contribution >= 0.6 is 0 Å². The van der Waals surface area contributed by atoms with Crippen molar-refractivity contribution in [2.75, 3.05) is 0 Å². The van der Waals surface area contributed by atoms with Crippen LogP contribution in [0.3, 0.4) is 0 Å². The number of hydrogen-bond donors (Lipinski definition) is 1. The van der Waals surface area contributed by atoms with Crippen molar-refractivity contribution in [2.24, 2.45) is 5.92 Å². The molecule has 1 aliphatic carbocycles. The molecule has 0 aromatic heterocycles. The van der Waals surface area contributed by atoms with Crippen molar-refractivity contribution in [1.29, 1.82) is 0 Å². The van der Waals surface area contributed by atoms with Gasteiger partial charge in [0.15, 0.2) is 0 Å². The molecule has 3 unspecified atom stereocenters. The quantitative estimate of drug-likeness (QED) is 0.549. The van der Waals surface area contributed by atoms with Gasteiger partial charge in [0.2, 0.25) is 0 Å². The van der Waals surface area contributed by atoms with Gasteiger partial charge in [0, 0.05) is 0 Å². The highest BCUT2D eigenvalue weighted by molar-refractivity contribution is 5.23. The lowest BCUT2D eigenvalue weighted by Gasteiger charge is -2.21. The fourth-order valence-corrected chi connectivity index (χ4v) is 3.29. The highest BCUT2D eigenvalue weighted by Crippen LogP contribution is 2.47. The van der Waals surface area contributed by atoms with Crippen molar-refractivity contribution in [2.45, 2.75) is 84.0 Å². The number of fused-ring (bicyclic) bond motifs is 1. The summed E-state index contributed by atoms with van der Waals surface area (Å²) in [5, 5.41) is 10.6. The van der Waals surface area contributed by atoms with Crippen molar-refractivity contribution < 1.29 is 9.84 Å². The van der Waals surface area contributed by atoms with E-state index in [4.69, 9.17) is 4.74 Å². The van der Waals surface area contributed by atoms with Gasteiger partial charge in [-0.15, -0.1) is 0 Å². The second-order valence-corrected chi connectivity index (χ2v) is 7.69. The first-order valence-corrected chi connectivity index (χ1v) is 8.67. The fourth-order valence-electron chi connectivity index (χ4n) is 3.29. The van der Waals surface area contributed by atoms with Gasteiger partial charge in [-0.05, 0) is 58.8 Å². The normalized spacial score (nSPS) is 43.3. The van der Waals surface area contributed by atoms with Crippen LogP contribution in [0.25, 0.3) is 0 Å². The third-order valence-corrected chi connectivity index (χ3v) is 5.08. The maximum atomic E-state index is 10.6. The zero-order valence-corrected chi connectivity index (χ0v) is 14.9. The van der Waals surface area contributed by atoms with E-state index in [9.17, 15) is 5.11 Å². The predicted molar refractivity (Wildman–Crippen MR) is 92.8 cm³/mol. The second kappa shape index (κ2) is 6.72. The average molecular weight is 304 g/mol. The van der Waals surface area contributed by atoms with E-state index in [0.717, 1.165) is 32.1 Å². The third kappa shape index (κ3) is 4.33. The first-order valence-electron chi connectivity index (χ1n) is 8.67. The highest BCUT2D eigenvalue weighted by atomic mass is 16.6. The standard InChI is InChI=1S/C20H32O2/c1-15(2)20-13-12-19(5,21)11-7-10-16(3)8-6-9-17(4)14-18(20)22-20/h9-10,12-13,15,18,21H,6-8,11,14H2,1-5H3/b13-12+,16-10+,17-9+. The highest BCUT2D eigenvalue weighted by Gasteiger charge is 2.56. The number of aliphatic hydroxyl groups is 1. The summed E-state index contributed by atoms with van der Waals surface area (Å²) in [7, 11) is 0. The summed E-state index contributed by atoms with van der Waals surface area (Å²) in [4.78, 5) is 0. The van der Waals surface area contributed by atoms with E-state index < -0.39 is 5.60 Å². The monoisotopic (exact) mass is 304 g/mol. The number of epoxide rings is 1. The minimum Gasteiger partial charge on any atom is -0.386 e. The van der Waals surface area contributed by atoms with Crippen molar-refractivity contribution >= 4 is 0 Å². The molecule has 0 spiro atoms. The first kappa shape index (κ1) is 17.5. The summed E-state index contributed by atoms with van der Waals surface area (Å²) in [6.45, 7) is 10.7. The van der Waals surface area contributed by atoms with Crippen molar-refractivity contribution in [3.63, 3.8) is 0 Å². The van der Waals surface area contributed by atoms with Crippen LogP contribution in [0.5, 0.6) is 0 Å². The lowest BCUT2D eigenvalue weighted by molar-refractivity contribution is 0.101. The van der Waals surface area contributed by atoms with Gasteiger partial charge in [-0.2, -0.15) is 0 Å². The second-order valence-electron chi connectivity index (χ2n) is 7.69. The molecule has 1 N–H and O–H groups in total. The minimum absolute atomic E-state index is 0.186. The summed E-state index contributed by atoms with van der Waals surface area (Å²) < 4.78 is 6.08. The van der Waals surface area contributed by atoms with Crippen LogP contribution in [0, 0.1) is 5.92 Å². The van der Waals surface area contributed by atoms with Crippen molar-refractivity contribution in [1.82, 2.24) is 0 Å². The molecule has 0 aromatic rings. The molecule has 22 heavy (non-hydrogen) atoms. The maximum absolute atomic E-state index is 10.6. The summed E-state index contributed by atoms with van der Waals surface area (Å²) >= 11 is 0. The van der Waals surface area contributed by atoms with E-state index in [1.165, 1.54) is 11.1 Å². The Bertz CT molecular complexity index is 482.